The Morgan fingerprint density at radius 1 is 1.20 bits per heavy atom. The third-order valence-electron chi connectivity index (χ3n) is 6.49. The van der Waals surface area contributed by atoms with E-state index in [9.17, 15) is 24.0 Å². The molecule has 11 heteroatoms. The van der Waals surface area contributed by atoms with Crippen molar-refractivity contribution in [3.8, 4) is 0 Å². The maximum atomic E-state index is 13.2. The van der Waals surface area contributed by atoms with Crippen LogP contribution in [0, 0.1) is 11.8 Å². The Kier molecular flexibility index (Phi) is 11.0. The second-order valence-corrected chi connectivity index (χ2v) is 10.4. The van der Waals surface area contributed by atoms with Gasteiger partial charge in [-0.15, -0.1) is 0 Å². The van der Waals surface area contributed by atoms with Crippen LogP contribution < -0.4 is 5.32 Å². The summed E-state index contributed by atoms with van der Waals surface area (Å²) in [5.41, 5.74) is 0.777. The van der Waals surface area contributed by atoms with E-state index in [-0.39, 0.29) is 66.7 Å². The molecule has 0 fully saturated rings. The molecule has 0 spiro atoms. The molecule has 2 aliphatic heterocycles. The largest absolute Gasteiger partial charge is 0.458 e. The molecular formula is C30H37N3O8. The van der Waals surface area contributed by atoms with Gasteiger partial charge in [-0.05, 0) is 31.4 Å². The van der Waals surface area contributed by atoms with E-state index in [1.807, 2.05) is 20.8 Å². The fraction of sp³-hybridized carbons (Fsp3) is 0.467. The van der Waals surface area contributed by atoms with Crippen molar-refractivity contribution in [1.82, 2.24) is 15.2 Å². The van der Waals surface area contributed by atoms with Crippen LogP contribution in [0.15, 0.2) is 58.4 Å². The van der Waals surface area contributed by atoms with E-state index in [0.717, 1.165) is 11.8 Å². The first kappa shape index (κ1) is 31.3. The molecule has 0 unspecified atom stereocenters. The molecule has 3 heterocycles. The number of nitrogens with zero attached hydrogens (tertiary/aromatic N) is 2. The van der Waals surface area contributed by atoms with Gasteiger partial charge in [-0.3, -0.25) is 19.2 Å². The van der Waals surface area contributed by atoms with Crippen molar-refractivity contribution < 1.29 is 37.9 Å². The van der Waals surface area contributed by atoms with Gasteiger partial charge in [0.05, 0.1) is 6.42 Å². The van der Waals surface area contributed by atoms with Crippen LogP contribution >= 0.6 is 0 Å². The van der Waals surface area contributed by atoms with Crippen molar-refractivity contribution in [3.05, 3.63) is 65.6 Å². The zero-order valence-corrected chi connectivity index (χ0v) is 24.0. The molecule has 3 rings (SSSR count). The van der Waals surface area contributed by atoms with Crippen LogP contribution in [0.25, 0.3) is 0 Å². The van der Waals surface area contributed by atoms with Gasteiger partial charge in [0.15, 0.2) is 5.69 Å². The fourth-order valence-corrected chi connectivity index (χ4v) is 4.60. The van der Waals surface area contributed by atoms with Crippen molar-refractivity contribution in [1.29, 1.82) is 0 Å². The number of carbonyl (C=O) groups excluding carboxylic acids is 5. The minimum atomic E-state index is -0.821. The van der Waals surface area contributed by atoms with Crippen LogP contribution in [0.5, 0.6) is 0 Å². The lowest BCUT2D eigenvalue weighted by Crippen LogP contribution is -2.36. The first-order valence-corrected chi connectivity index (χ1v) is 13.6. The van der Waals surface area contributed by atoms with Crippen LogP contribution in [0.4, 0.5) is 0 Å². The molecule has 11 nitrogen and oxygen atoms in total. The Morgan fingerprint density at radius 3 is 2.66 bits per heavy atom. The predicted molar refractivity (Wildman–Crippen MR) is 148 cm³/mol. The van der Waals surface area contributed by atoms with Crippen LogP contribution in [0.2, 0.25) is 0 Å². The summed E-state index contributed by atoms with van der Waals surface area (Å²) < 4.78 is 16.5. The summed E-state index contributed by atoms with van der Waals surface area (Å²) in [6.07, 6.45) is 9.73. The quantitative estimate of drug-likeness (QED) is 0.532. The number of ether oxygens (including phenoxy) is 2. The molecule has 0 aliphatic carbocycles. The number of ketones is 1. The minimum absolute atomic E-state index is 0.0300. The standard InChI is InChI=1S/C30H37N3O8/c1-18(2)28-20(4)10-11-26(36)31-12-6-8-19(3)14-23(40-21(5)34)15-22(35)16-27-32-24(17-39-27)29(37)33-13-7-9-25(33)30(38)41-28/h6,8-11,14,17-18,20,23,28H,7,12-13,15-16H2,1-5H3,(H,31,36)/t20-,23-,28+/m1/s1. The number of carbonyl (C=O) groups is 5. The molecule has 220 valence electrons. The molecular weight excluding hydrogens is 530 g/mol. The number of esters is 2. The Morgan fingerprint density at radius 2 is 1.95 bits per heavy atom. The van der Waals surface area contributed by atoms with Gasteiger partial charge in [0.2, 0.25) is 11.8 Å². The molecule has 0 aromatic carbocycles. The van der Waals surface area contributed by atoms with E-state index in [1.165, 1.54) is 17.9 Å². The second-order valence-electron chi connectivity index (χ2n) is 10.4. The molecule has 2 aliphatic rings. The van der Waals surface area contributed by atoms with E-state index in [4.69, 9.17) is 13.9 Å². The number of fused-ring (bicyclic) bond motifs is 3. The molecule has 0 saturated carbocycles. The van der Waals surface area contributed by atoms with Gasteiger partial charge < -0.3 is 24.1 Å². The first-order valence-electron chi connectivity index (χ1n) is 13.6. The number of rotatable bonds is 2. The maximum Gasteiger partial charge on any atom is 0.355 e. The average molecular weight is 568 g/mol. The van der Waals surface area contributed by atoms with Crippen LogP contribution in [-0.2, 0) is 35.1 Å². The molecule has 1 N–H and O–H groups in total. The highest BCUT2D eigenvalue weighted by Gasteiger charge is 2.33. The molecule has 1 aromatic rings. The van der Waals surface area contributed by atoms with Crippen molar-refractivity contribution in [2.75, 3.05) is 13.1 Å². The molecule has 0 saturated heterocycles. The number of Topliss-reactive ketones (excluding diaryl/α,β-unsaturated/α-hetero) is 1. The summed E-state index contributed by atoms with van der Waals surface area (Å²) in [7, 11) is 0. The number of nitrogens with one attached hydrogen (secondary N) is 1. The number of allylic oxidation sites excluding steroid dienone is 2. The van der Waals surface area contributed by atoms with Crippen molar-refractivity contribution in [2.45, 2.75) is 66.1 Å². The zero-order chi connectivity index (χ0) is 30.1. The normalized spacial score (nSPS) is 23.5. The van der Waals surface area contributed by atoms with Gasteiger partial charge in [0, 0.05) is 32.4 Å². The smallest absolute Gasteiger partial charge is 0.355 e. The minimum Gasteiger partial charge on any atom is -0.458 e. The van der Waals surface area contributed by atoms with Gasteiger partial charge in [-0.1, -0.05) is 50.6 Å². The number of hydrogen-bond acceptors (Lipinski definition) is 9. The van der Waals surface area contributed by atoms with Crippen molar-refractivity contribution in [3.63, 3.8) is 0 Å². The number of cyclic esters (lactones) is 1. The van der Waals surface area contributed by atoms with E-state index in [0.29, 0.717) is 6.42 Å². The number of oxazole rings is 1. The molecule has 0 radical (unpaired) electrons. The fourth-order valence-electron chi connectivity index (χ4n) is 4.60. The highest BCUT2D eigenvalue weighted by molar-refractivity contribution is 6.00. The number of amides is 2. The van der Waals surface area contributed by atoms with Crippen LogP contribution in [0.3, 0.4) is 0 Å². The lowest BCUT2D eigenvalue weighted by molar-refractivity contribution is -0.150. The molecule has 2 amide bonds. The van der Waals surface area contributed by atoms with Crippen molar-refractivity contribution in [2.24, 2.45) is 11.8 Å². The second kappa shape index (κ2) is 14.4. The third-order valence-corrected chi connectivity index (χ3v) is 6.49. The number of hydrogen-bond donors (Lipinski definition) is 1. The third kappa shape index (κ3) is 9.12. The summed E-state index contributed by atoms with van der Waals surface area (Å²) in [6.45, 7) is 9.20. The van der Waals surface area contributed by atoms with Crippen LogP contribution in [0.1, 0.15) is 63.8 Å². The topological polar surface area (TPSA) is 145 Å². The SMILES string of the molecule is CC(=O)O[C@@H]1C=C(C)C=CCNC(=O)C=C[C@@H](C)[C@H](C(C)C)OC(=O)C2=CCCN2C(=O)c2coc(n2)CC(=O)C1. The highest BCUT2D eigenvalue weighted by atomic mass is 16.5. The Labute approximate surface area is 239 Å². The van der Waals surface area contributed by atoms with Crippen molar-refractivity contribution >= 4 is 29.5 Å². The first-order chi connectivity index (χ1) is 19.4. The summed E-state index contributed by atoms with van der Waals surface area (Å²) >= 11 is 0. The van der Waals surface area contributed by atoms with Gasteiger partial charge in [0.1, 0.15) is 30.0 Å². The molecule has 2 bridgehead atoms. The summed E-state index contributed by atoms with van der Waals surface area (Å²) in [4.78, 5) is 68.6. The summed E-state index contributed by atoms with van der Waals surface area (Å²) in [5, 5.41) is 2.75. The average Bonchev–Trinajstić information content (AvgIpc) is 3.57. The molecule has 1 aromatic heterocycles. The lowest BCUT2D eigenvalue weighted by Gasteiger charge is -2.27. The maximum absolute atomic E-state index is 13.2. The van der Waals surface area contributed by atoms with Gasteiger partial charge in [0.25, 0.3) is 5.91 Å². The van der Waals surface area contributed by atoms with Gasteiger partial charge >= 0.3 is 11.9 Å². The van der Waals surface area contributed by atoms with E-state index in [2.05, 4.69) is 10.3 Å². The van der Waals surface area contributed by atoms with E-state index >= 15 is 0 Å². The molecule has 41 heavy (non-hydrogen) atoms. The lowest BCUT2D eigenvalue weighted by atomic mass is 9.94. The number of aromatic nitrogens is 1. The summed E-state index contributed by atoms with van der Waals surface area (Å²) in [5.74, 6) is -2.71. The van der Waals surface area contributed by atoms with Gasteiger partial charge in [-0.2, -0.15) is 0 Å². The van der Waals surface area contributed by atoms with E-state index < -0.39 is 30.1 Å². The Balaban J connectivity index is 1.90. The van der Waals surface area contributed by atoms with Gasteiger partial charge in [-0.25, -0.2) is 9.78 Å². The van der Waals surface area contributed by atoms with E-state index in [1.54, 1.807) is 37.3 Å². The summed E-state index contributed by atoms with van der Waals surface area (Å²) in [6, 6.07) is 0. The highest BCUT2D eigenvalue weighted by Crippen LogP contribution is 2.24. The Bertz CT molecular complexity index is 1290. The van der Waals surface area contributed by atoms with Crippen LogP contribution in [-0.4, -0.2) is 64.7 Å². The molecule has 3 atom stereocenters. The zero-order valence-electron chi connectivity index (χ0n) is 24.0. The Hall–Kier alpha value is -4.28. The predicted octanol–water partition coefficient (Wildman–Crippen LogP) is 3.23. The monoisotopic (exact) mass is 567 g/mol.